The summed E-state index contributed by atoms with van der Waals surface area (Å²) in [6.45, 7) is 0.401. The third kappa shape index (κ3) is 1.82. The van der Waals surface area contributed by atoms with E-state index in [1.54, 1.807) is 6.07 Å². The summed E-state index contributed by atoms with van der Waals surface area (Å²) in [5.41, 5.74) is 5.94. The van der Waals surface area contributed by atoms with E-state index >= 15 is 0 Å². The van der Waals surface area contributed by atoms with E-state index in [4.69, 9.17) is 10.3 Å². The smallest absolute Gasteiger partial charge is 0.325 e. The highest BCUT2D eigenvalue weighted by atomic mass is 16.5. The molecule has 7 heteroatoms. The van der Waals surface area contributed by atoms with E-state index in [1.165, 1.54) is 0 Å². The van der Waals surface area contributed by atoms with Crippen LogP contribution in [-0.4, -0.2) is 28.5 Å². The monoisotopic (exact) mass is 210 g/mol. The number of carbonyl (C=O) groups excluding carboxylic acids is 2. The minimum Gasteiger partial charge on any atom is -0.359 e. The number of imide groups is 1. The SMILES string of the molecule is NCc1cc(CN2C(=O)CNC2=O)on1. The molecule has 3 amide bonds. The summed E-state index contributed by atoms with van der Waals surface area (Å²) in [5, 5.41) is 6.07. The summed E-state index contributed by atoms with van der Waals surface area (Å²) in [6, 6.07) is 1.21. The zero-order chi connectivity index (χ0) is 10.8. The minimum atomic E-state index is -0.411. The number of nitrogens with one attached hydrogen (secondary N) is 1. The van der Waals surface area contributed by atoms with E-state index in [-0.39, 0.29) is 25.5 Å². The first kappa shape index (κ1) is 9.66. The van der Waals surface area contributed by atoms with Crippen molar-refractivity contribution < 1.29 is 14.1 Å². The molecule has 2 heterocycles. The van der Waals surface area contributed by atoms with Gasteiger partial charge in [-0.2, -0.15) is 0 Å². The number of nitrogens with zero attached hydrogens (tertiary/aromatic N) is 2. The second-order valence-electron chi connectivity index (χ2n) is 3.13. The van der Waals surface area contributed by atoms with Crippen molar-refractivity contribution in [3.8, 4) is 0 Å². The zero-order valence-electron chi connectivity index (χ0n) is 7.90. The molecule has 0 saturated carbocycles. The average molecular weight is 210 g/mol. The molecule has 0 unspecified atom stereocenters. The van der Waals surface area contributed by atoms with Gasteiger partial charge in [0.15, 0.2) is 5.76 Å². The van der Waals surface area contributed by atoms with Gasteiger partial charge in [-0.15, -0.1) is 0 Å². The topological polar surface area (TPSA) is 101 Å². The fraction of sp³-hybridized carbons (Fsp3) is 0.375. The lowest BCUT2D eigenvalue weighted by Gasteiger charge is -2.08. The predicted octanol–water partition coefficient (Wildman–Crippen LogP) is -0.815. The first-order valence-electron chi connectivity index (χ1n) is 4.43. The molecule has 1 aromatic heterocycles. The van der Waals surface area contributed by atoms with Gasteiger partial charge >= 0.3 is 6.03 Å². The summed E-state index contributed by atoms with van der Waals surface area (Å²) in [4.78, 5) is 23.5. The van der Waals surface area contributed by atoms with Gasteiger partial charge in [-0.05, 0) is 0 Å². The maximum atomic E-state index is 11.2. The van der Waals surface area contributed by atoms with Crippen molar-refractivity contribution in [1.29, 1.82) is 0 Å². The summed E-state index contributed by atoms with van der Waals surface area (Å²) in [5.74, 6) is 0.173. The predicted molar refractivity (Wildman–Crippen MR) is 48.3 cm³/mol. The molecule has 0 spiro atoms. The molecule has 15 heavy (non-hydrogen) atoms. The second-order valence-corrected chi connectivity index (χ2v) is 3.13. The maximum Gasteiger partial charge on any atom is 0.325 e. The van der Waals surface area contributed by atoms with Crippen molar-refractivity contribution in [2.24, 2.45) is 5.73 Å². The van der Waals surface area contributed by atoms with Gasteiger partial charge in [-0.3, -0.25) is 9.69 Å². The molecule has 7 nitrogen and oxygen atoms in total. The Balaban J connectivity index is 2.07. The van der Waals surface area contributed by atoms with Gasteiger partial charge < -0.3 is 15.6 Å². The molecule has 0 aliphatic carbocycles. The van der Waals surface area contributed by atoms with Gasteiger partial charge in [0.2, 0.25) is 5.91 Å². The normalized spacial score (nSPS) is 15.9. The van der Waals surface area contributed by atoms with Crippen LogP contribution in [-0.2, 0) is 17.9 Å². The molecule has 1 saturated heterocycles. The Hall–Kier alpha value is -1.89. The highest BCUT2D eigenvalue weighted by Gasteiger charge is 2.29. The lowest BCUT2D eigenvalue weighted by atomic mass is 10.3. The Morgan fingerprint density at radius 2 is 2.40 bits per heavy atom. The number of hydrogen-bond donors (Lipinski definition) is 2. The Bertz CT molecular complexity index is 384. The van der Waals surface area contributed by atoms with E-state index in [0.29, 0.717) is 11.5 Å². The van der Waals surface area contributed by atoms with Gasteiger partial charge in [0.1, 0.15) is 0 Å². The standard InChI is InChI=1S/C8H10N4O3/c9-2-5-1-6(15-11-5)4-12-7(13)3-10-8(12)14/h1H,2-4,9H2,(H,10,14). The van der Waals surface area contributed by atoms with E-state index in [1.807, 2.05) is 0 Å². The Kier molecular flexibility index (Phi) is 2.38. The van der Waals surface area contributed by atoms with Gasteiger partial charge in [0.25, 0.3) is 0 Å². The van der Waals surface area contributed by atoms with Crippen LogP contribution in [0, 0.1) is 0 Å². The zero-order valence-corrected chi connectivity index (χ0v) is 7.90. The fourth-order valence-corrected chi connectivity index (χ4v) is 1.30. The second kappa shape index (κ2) is 3.70. The number of aromatic nitrogens is 1. The molecule has 80 valence electrons. The number of amides is 3. The lowest BCUT2D eigenvalue weighted by Crippen LogP contribution is -2.30. The lowest BCUT2D eigenvalue weighted by molar-refractivity contribution is -0.125. The van der Waals surface area contributed by atoms with Crippen molar-refractivity contribution in [3.63, 3.8) is 0 Å². The van der Waals surface area contributed by atoms with Crippen molar-refractivity contribution >= 4 is 11.9 Å². The van der Waals surface area contributed by atoms with Gasteiger partial charge in [0, 0.05) is 12.6 Å². The van der Waals surface area contributed by atoms with E-state index in [2.05, 4.69) is 10.5 Å². The molecule has 0 radical (unpaired) electrons. The van der Waals surface area contributed by atoms with Crippen LogP contribution in [0.5, 0.6) is 0 Å². The average Bonchev–Trinajstić information content (AvgIpc) is 2.80. The first-order chi connectivity index (χ1) is 7.20. The molecule has 3 N–H and O–H groups in total. The van der Waals surface area contributed by atoms with Crippen molar-refractivity contribution in [1.82, 2.24) is 15.4 Å². The third-order valence-corrected chi connectivity index (χ3v) is 2.07. The maximum absolute atomic E-state index is 11.2. The van der Waals surface area contributed by atoms with E-state index in [9.17, 15) is 9.59 Å². The molecule has 1 aromatic rings. The summed E-state index contributed by atoms with van der Waals surface area (Å²) in [7, 11) is 0. The van der Waals surface area contributed by atoms with Crippen molar-refractivity contribution in [2.45, 2.75) is 13.1 Å². The molecule has 0 bridgehead atoms. The van der Waals surface area contributed by atoms with Gasteiger partial charge in [-0.25, -0.2) is 4.79 Å². The van der Waals surface area contributed by atoms with Crippen LogP contribution in [0.25, 0.3) is 0 Å². The van der Waals surface area contributed by atoms with Crippen LogP contribution < -0.4 is 11.1 Å². The number of carbonyl (C=O) groups is 2. The molecular weight excluding hydrogens is 200 g/mol. The molecule has 0 aromatic carbocycles. The van der Waals surface area contributed by atoms with E-state index in [0.717, 1.165) is 4.90 Å². The molecule has 1 aliphatic heterocycles. The molecule has 1 fully saturated rings. The van der Waals surface area contributed by atoms with E-state index < -0.39 is 6.03 Å². The Labute approximate surface area is 85.2 Å². The quantitative estimate of drug-likeness (QED) is 0.635. The molecular formula is C8H10N4O3. The van der Waals surface area contributed by atoms with Crippen molar-refractivity contribution in [3.05, 3.63) is 17.5 Å². The van der Waals surface area contributed by atoms with Crippen molar-refractivity contribution in [2.75, 3.05) is 6.54 Å². The largest absolute Gasteiger partial charge is 0.359 e. The number of urea groups is 1. The molecule has 2 rings (SSSR count). The number of rotatable bonds is 3. The Morgan fingerprint density at radius 3 is 2.93 bits per heavy atom. The third-order valence-electron chi connectivity index (χ3n) is 2.07. The van der Waals surface area contributed by atoms with Gasteiger partial charge in [-0.1, -0.05) is 5.16 Å². The van der Waals surface area contributed by atoms with Crippen LogP contribution in [0.15, 0.2) is 10.6 Å². The summed E-state index contributed by atoms with van der Waals surface area (Å²) < 4.78 is 4.91. The Morgan fingerprint density at radius 1 is 1.60 bits per heavy atom. The molecule has 0 atom stereocenters. The van der Waals surface area contributed by atoms with Crippen LogP contribution in [0.2, 0.25) is 0 Å². The summed E-state index contributed by atoms with van der Waals surface area (Å²) in [6.07, 6.45) is 0. The van der Waals surface area contributed by atoms with Crippen LogP contribution in [0.3, 0.4) is 0 Å². The highest BCUT2D eigenvalue weighted by molar-refractivity contribution is 6.01. The van der Waals surface area contributed by atoms with Crippen LogP contribution >= 0.6 is 0 Å². The number of hydrogen-bond acceptors (Lipinski definition) is 5. The number of nitrogens with two attached hydrogens (primary N) is 1. The molecule has 1 aliphatic rings. The fourth-order valence-electron chi connectivity index (χ4n) is 1.30. The summed E-state index contributed by atoms with van der Waals surface area (Å²) >= 11 is 0. The minimum absolute atomic E-state index is 0.0384. The van der Waals surface area contributed by atoms with Crippen LogP contribution in [0.1, 0.15) is 11.5 Å². The highest BCUT2D eigenvalue weighted by Crippen LogP contribution is 2.09. The van der Waals surface area contributed by atoms with Crippen LogP contribution in [0.4, 0.5) is 4.79 Å². The van der Waals surface area contributed by atoms with Gasteiger partial charge in [0.05, 0.1) is 18.8 Å². The first-order valence-corrected chi connectivity index (χ1v) is 4.43.